The molecule has 2 aromatic heterocycles. The second-order valence-corrected chi connectivity index (χ2v) is 8.43. The summed E-state index contributed by atoms with van der Waals surface area (Å²) < 4.78 is 7.89. The molecule has 0 radical (unpaired) electrons. The largest absolute Gasteiger partial charge is 0.391 e. The Morgan fingerprint density at radius 1 is 1.24 bits per heavy atom. The Balaban J connectivity index is 1.50. The number of hydrogen-bond acceptors (Lipinski definition) is 7. The van der Waals surface area contributed by atoms with Crippen LogP contribution in [-0.4, -0.2) is 55.7 Å². The van der Waals surface area contributed by atoms with Crippen molar-refractivity contribution in [3.05, 3.63) is 54.0 Å². The number of aromatic nitrogens is 3. The summed E-state index contributed by atoms with van der Waals surface area (Å²) in [6, 6.07) is 10.1. The van der Waals surface area contributed by atoms with E-state index in [2.05, 4.69) is 27.3 Å². The van der Waals surface area contributed by atoms with Crippen molar-refractivity contribution in [2.45, 2.75) is 26.0 Å². The van der Waals surface area contributed by atoms with E-state index in [4.69, 9.17) is 10.5 Å². The van der Waals surface area contributed by atoms with Crippen LogP contribution in [0, 0.1) is 5.92 Å². The molecule has 154 valence electrons. The van der Waals surface area contributed by atoms with Gasteiger partial charge in [-0.05, 0) is 17.6 Å². The Labute approximate surface area is 174 Å². The van der Waals surface area contributed by atoms with Crippen LogP contribution in [0.3, 0.4) is 0 Å². The van der Waals surface area contributed by atoms with Crippen LogP contribution in [0.1, 0.15) is 11.1 Å². The van der Waals surface area contributed by atoms with Crippen molar-refractivity contribution in [1.29, 1.82) is 0 Å². The highest BCUT2D eigenvalue weighted by atomic mass is 32.2. The van der Waals surface area contributed by atoms with Crippen molar-refractivity contribution in [2.24, 2.45) is 5.92 Å². The lowest BCUT2D eigenvalue weighted by molar-refractivity contribution is 0.0666. The molecular formula is C21H27N5O2S. The Bertz CT molecular complexity index is 949. The van der Waals surface area contributed by atoms with Crippen molar-refractivity contribution in [1.82, 2.24) is 19.4 Å². The van der Waals surface area contributed by atoms with Gasteiger partial charge in [0.15, 0.2) is 5.82 Å². The zero-order chi connectivity index (χ0) is 20.2. The van der Waals surface area contributed by atoms with E-state index in [0.717, 1.165) is 41.0 Å². The van der Waals surface area contributed by atoms with E-state index in [1.165, 1.54) is 6.33 Å². The number of nitrogens with two attached hydrogens (primary N) is 1. The number of benzene rings is 1. The maximum absolute atomic E-state index is 10.3. The molecule has 1 aliphatic rings. The number of β-amino-alcohol motifs (C(OH)–C–C–N with tert-alkyl or cyclic N) is 1. The van der Waals surface area contributed by atoms with Crippen molar-refractivity contribution < 1.29 is 9.84 Å². The van der Waals surface area contributed by atoms with E-state index in [-0.39, 0.29) is 6.10 Å². The van der Waals surface area contributed by atoms with Gasteiger partial charge in [-0.1, -0.05) is 30.3 Å². The molecule has 3 N–H and O–H groups in total. The molecule has 8 heteroatoms. The van der Waals surface area contributed by atoms with Crippen LogP contribution in [0.5, 0.6) is 0 Å². The zero-order valence-electron chi connectivity index (χ0n) is 16.6. The molecule has 29 heavy (non-hydrogen) atoms. The topological polar surface area (TPSA) is 89.4 Å². The number of ether oxygens (including phenoxy) is 1. The van der Waals surface area contributed by atoms with E-state index in [1.54, 1.807) is 11.8 Å². The van der Waals surface area contributed by atoms with Crippen molar-refractivity contribution in [2.75, 3.05) is 30.8 Å². The maximum Gasteiger partial charge on any atom is 0.151 e. The normalized spacial score (nSPS) is 19.9. The fraction of sp³-hybridized carbons (Fsp3) is 0.429. The number of rotatable bonds is 8. The highest BCUT2D eigenvalue weighted by Crippen LogP contribution is 2.27. The Kier molecular flexibility index (Phi) is 6.34. The summed E-state index contributed by atoms with van der Waals surface area (Å²) in [7, 11) is 0. The van der Waals surface area contributed by atoms with Gasteiger partial charge in [0.1, 0.15) is 18.6 Å². The lowest BCUT2D eigenvalue weighted by atomic mass is 10.1. The van der Waals surface area contributed by atoms with Gasteiger partial charge in [-0.25, -0.2) is 9.97 Å². The first-order chi connectivity index (χ1) is 14.2. The van der Waals surface area contributed by atoms with E-state index in [0.29, 0.717) is 31.6 Å². The van der Waals surface area contributed by atoms with Crippen molar-refractivity contribution in [3.8, 4) is 0 Å². The van der Waals surface area contributed by atoms with Crippen LogP contribution < -0.4 is 5.73 Å². The summed E-state index contributed by atoms with van der Waals surface area (Å²) in [6.07, 6.45) is 5.36. The SMILES string of the molecule is CSC[C@H]1CN(Cc2cn(COCc3ccccc3)c3c(N)ncnc23)CC1O. The first kappa shape index (κ1) is 20.2. The smallest absolute Gasteiger partial charge is 0.151 e. The van der Waals surface area contributed by atoms with Crippen LogP contribution in [0.15, 0.2) is 42.9 Å². The van der Waals surface area contributed by atoms with Crippen LogP contribution in [0.4, 0.5) is 5.82 Å². The molecule has 1 saturated heterocycles. The standard InChI is InChI=1S/C21H27N5O2S/c1-29-12-17-8-25(10-18(17)27)7-16-9-26(20-19(16)23-13-24-21(20)22)14-28-11-15-5-3-2-4-6-15/h2-6,9,13,17-18,27H,7-8,10-12,14H2,1H3,(H2,22,23,24)/t17-,18?/m1/s1. The number of nitrogen functional groups attached to an aromatic ring is 1. The second-order valence-electron chi connectivity index (χ2n) is 7.52. The number of fused-ring (bicyclic) bond motifs is 1. The van der Waals surface area contributed by atoms with Crippen LogP contribution >= 0.6 is 11.8 Å². The average molecular weight is 414 g/mol. The minimum Gasteiger partial charge on any atom is -0.391 e. The molecule has 1 fully saturated rings. The van der Waals surface area contributed by atoms with Gasteiger partial charge in [-0.2, -0.15) is 11.8 Å². The lowest BCUT2D eigenvalue weighted by Crippen LogP contribution is -2.21. The third-order valence-corrected chi connectivity index (χ3v) is 6.11. The van der Waals surface area contributed by atoms with Crippen LogP contribution in [0.25, 0.3) is 11.0 Å². The van der Waals surface area contributed by atoms with Crippen LogP contribution in [-0.2, 0) is 24.6 Å². The number of anilines is 1. The number of likely N-dealkylation sites (tertiary alicyclic amines) is 1. The predicted octanol–water partition coefficient (Wildman–Crippen LogP) is 2.34. The molecule has 0 spiro atoms. The quantitative estimate of drug-likeness (QED) is 0.586. The summed E-state index contributed by atoms with van der Waals surface area (Å²) in [4.78, 5) is 10.9. The molecule has 4 rings (SSSR count). The highest BCUT2D eigenvalue weighted by Gasteiger charge is 2.31. The maximum atomic E-state index is 10.3. The highest BCUT2D eigenvalue weighted by molar-refractivity contribution is 7.98. The van der Waals surface area contributed by atoms with Gasteiger partial charge >= 0.3 is 0 Å². The van der Waals surface area contributed by atoms with Gasteiger partial charge < -0.3 is 20.1 Å². The van der Waals surface area contributed by atoms with Crippen LogP contribution in [0.2, 0.25) is 0 Å². The third-order valence-electron chi connectivity index (χ3n) is 5.35. The molecule has 7 nitrogen and oxygen atoms in total. The molecule has 1 aromatic carbocycles. The third kappa shape index (κ3) is 4.56. The second kappa shape index (κ2) is 9.13. The Morgan fingerprint density at radius 2 is 2.07 bits per heavy atom. The summed E-state index contributed by atoms with van der Waals surface area (Å²) >= 11 is 1.78. The molecule has 3 heterocycles. The molecular weight excluding hydrogens is 386 g/mol. The fourth-order valence-electron chi connectivity index (χ4n) is 3.97. The first-order valence-electron chi connectivity index (χ1n) is 9.75. The van der Waals surface area contributed by atoms with E-state index in [9.17, 15) is 5.11 Å². The summed E-state index contributed by atoms with van der Waals surface area (Å²) in [5.74, 6) is 1.74. The van der Waals surface area contributed by atoms with Gasteiger partial charge in [-0.3, -0.25) is 4.90 Å². The average Bonchev–Trinajstić information content (AvgIpc) is 3.24. The minimum atomic E-state index is -0.273. The van der Waals surface area contributed by atoms with Crippen molar-refractivity contribution in [3.63, 3.8) is 0 Å². The van der Waals surface area contributed by atoms with E-state index >= 15 is 0 Å². The monoisotopic (exact) mass is 413 g/mol. The molecule has 2 atom stereocenters. The predicted molar refractivity (Wildman–Crippen MR) is 116 cm³/mol. The Morgan fingerprint density at radius 3 is 2.86 bits per heavy atom. The number of thioether (sulfide) groups is 1. The Hall–Kier alpha value is -2.13. The van der Waals surface area contributed by atoms with Gasteiger partial charge in [0.25, 0.3) is 0 Å². The molecule has 1 aliphatic heterocycles. The molecule has 3 aromatic rings. The fourth-order valence-corrected chi connectivity index (χ4v) is 4.72. The van der Waals surface area contributed by atoms with E-state index < -0.39 is 0 Å². The van der Waals surface area contributed by atoms with Gasteiger partial charge in [0, 0.05) is 37.3 Å². The molecule has 0 bridgehead atoms. The minimum absolute atomic E-state index is 0.273. The summed E-state index contributed by atoms with van der Waals surface area (Å²) in [5.41, 5.74) is 10.0. The first-order valence-corrected chi connectivity index (χ1v) is 11.1. The number of nitrogens with zero attached hydrogens (tertiary/aromatic N) is 4. The van der Waals surface area contributed by atoms with Gasteiger partial charge in [-0.15, -0.1) is 0 Å². The molecule has 0 aliphatic carbocycles. The van der Waals surface area contributed by atoms with Crippen molar-refractivity contribution >= 4 is 28.6 Å². The molecule has 0 amide bonds. The zero-order valence-corrected chi connectivity index (χ0v) is 17.4. The van der Waals surface area contributed by atoms with E-state index in [1.807, 2.05) is 34.9 Å². The van der Waals surface area contributed by atoms with Gasteiger partial charge in [0.05, 0.1) is 18.2 Å². The number of hydrogen-bond donors (Lipinski definition) is 2. The molecule has 0 saturated carbocycles. The number of aliphatic hydroxyl groups is 1. The van der Waals surface area contributed by atoms with Gasteiger partial charge in [0.2, 0.25) is 0 Å². The molecule has 1 unspecified atom stereocenters. The summed E-state index contributed by atoms with van der Waals surface area (Å²) in [5, 5.41) is 10.3. The lowest BCUT2D eigenvalue weighted by Gasteiger charge is -2.14. The number of aliphatic hydroxyl groups excluding tert-OH is 1. The summed E-state index contributed by atoms with van der Waals surface area (Å²) in [6.45, 7) is 3.20.